The molecule has 21 heavy (non-hydrogen) atoms. The molecular formula is C17H27N3O. The van der Waals surface area contributed by atoms with Crippen molar-refractivity contribution in [2.24, 2.45) is 0 Å². The number of hydrogen-bond donors (Lipinski definition) is 1. The molecule has 0 spiro atoms. The van der Waals surface area contributed by atoms with Gasteiger partial charge in [-0.25, -0.2) is 0 Å². The smallest absolute Gasteiger partial charge is 0.222 e. The van der Waals surface area contributed by atoms with Gasteiger partial charge in [-0.15, -0.1) is 0 Å². The zero-order valence-electron chi connectivity index (χ0n) is 13.9. The highest BCUT2D eigenvalue weighted by Gasteiger charge is 2.23. The van der Waals surface area contributed by atoms with E-state index in [9.17, 15) is 4.79 Å². The molecule has 1 amide bonds. The summed E-state index contributed by atoms with van der Waals surface area (Å²) in [6.45, 7) is 12.3. The van der Waals surface area contributed by atoms with Crippen molar-refractivity contribution in [1.29, 1.82) is 0 Å². The number of aromatic nitrogens is 1. The van der Waals surface area contributed by atoms with Gasteiger partial charge in [-0.05, 0) is 58.2 Å². The third-order valence-corrected chi connectivity index (χ3v) is 4.22. The Balaban J connectivity index is 2.00. The van der Waals surface area contributed by atoms with E-state index in [0.29, 0.717) is 12.3 Å². The van der Waals surface area contributed by atoms with Crippen molar-refractivity contribution < 1.29 is 4.79 Å². The maximum absolute atomic E-state index is 11.7. The molecule has 0 saturated carbocycles. The van der Waals surface area contributed by atoms with Gasteiger partial charge >= 0.3 is 0 Å². The molecule has 2 rings (SSSR count). The summed E-state index contributed by atoms with van der Waals surface area (Å²) in [5, 5.41) is 3.61. The standard InChI is InChI=1S/C17H27N3O/c1-11-9-12(2)18-14(4)17(11)15(5)19-13(3)10-20-8-6-7-16(20)21/h9,13,15,19H,6-8,10H2,1-5H3. The first-order valence-corrected chi connectivity index (χ1v) is 7.87. The van der Waals surface area contributed by atoms with Crippen molar-refractivity contribution in [3.63, 3.8) is 0 Å². The summed E-state index contributed by atoms with van der Waals surface area (Å²) in [5.74, 6) is 0.292. The molecule has 1 fully saturated rings. The van der Waals surface area contributed by atoms with Gasteiger partial charge in [-0.1, -0.05) is 0 Å². The van der Waals surface area contributed by atoms with Crippen molar-refractivity contribution in [3.05, 3.63) is 28.6 Å². The molecule has 116 valence electrons. The van der Waals surface area contributed by atoms with E-state index in [0.717, 1.165) is 30.9 Å². The van der Waals surface area contributed by atoms with Crippen LogP contribution in [0.1, 0.15) is 55.2 Å². The fraction of sp³-hybridized carbons (Fsp3) is 0.647. The number of pyridine rings is 1. The fourth-order valence-electron chi connectivity index (χ4n) is 3.48. The molecule has 4 heteroatoms. The molecule has 0 radical (unpaired) electrons. The Hall–Kier alpha value is -1.42. The molecule has 4 nitrogen and oxygen atoms in total. The lowest BCUT2D eigenvalue weighted by Gasteiger charge is -2.26. The van der Waals surface area contributed by atoms with Crippen molar-refractivity contribution in [2.75, 3.05) is 13.1 Å². The second-order valence-corrected chi connectivity index (χ2v) is 6.31. The highest BCUT2D eigenvalue weighted by Crippen LogP contribution is 2.22. The third-order valence-electron chi connectivity index (χ3n) is 4.22. The molecule has 2 atom stereocenters. The van der Waals surface area contributed by atoms with Gasteiger partial charge < -0.3 is 10.2 Å². The van der Waals surface area contributed by atoms with Crippen LogP contribution in [-0.2, 0) is 4.79 Å². The quantitative estimate of drug-likeness (QED) is 0.906. The van der Waals surface area contributed by atoms with E-state index in [1.54, 1.807) is 0 Å². The lowest BCUT2D eigenvalue weighted by molar-refractivity contribution is -0.127. The largest absolute Gasteiger partial charge is 0.341 e. The van der Waals surface area contributed by atoms with Gasteiger partial charge in [0.1, 0.15) is 0 Å². The minimum atomic E-state index is 0.241. The van der Waals surface area contributed by atoms with Gasteiger partial charge in [0.25, 0.3) is 0 Å². The van der Waals surface area contributed by atoms with E-state index in [1.807, 2.05) is 11.8 Å². The van der Waals surface area contributed by atoms with E-state index in [2.05, 4.69) is 44.1 Å². The Morgan fingerprint density at radius 1 is 1.33 bits per heavy atom. The van der Waals surface area contributed by atoms with Crippen LogP contribution in [-0.4, -0.2) is 34.9 Å². The van der Waals surface area contributed by atoms with Gasteiger partial charge in [0.05, 0.1) is 0 Å². The average Bonchev–Trinajstić information content (AvgIpc) is 2.73. The molecule has 0 aromatic carbocycles. The lowest BCUT2D eigenvalue weighted by Crippen LogP contribution is -2.41. The first-order chi connectivity index (χ1) is 9.88. The van der Waals surface area contributed by atoms with E-state index in [4.69, 9.17) is 0 Å². The molecule has 1 aromatic heterocycles. The average molecular weight is 289 g/mol. The molecule has 0 aliphatic carbocycles. The van der Waals surface area contributed by atoms with Crippen LogP contribution >= 0.6 is 0 Å². The monoisotopic (exact) mass is 289 g/mol. The van der Waals surface area contributed by atoms with Crippen LogP contribution in [0.5, 0.6) is 0 Å². The molecule has 1 saturated heterocycles. The molecule has 1 N–H and O–H groups in total. The summed E-state index contributed by atoms with van der Waals surface area (Å²) in [6.07, 6.45) is 1.71. The van der Waals surface area contributed by atoms with E-state index >= 15 is 0 Å². The number of amides is 1. The van der Waals surface area contributed by atoms with Gasteiger partial charge in [-0.2, -0.15) is 0 Å². The second-order valence-electron chi connectivity index (χ2n) is 6.31. The number of aryl methyl sites for hydroxylation is 3. The Morgan fingerprint density at radius 3 is 2.62 bits per heavy atom. The van der Waals surface area contributed by atoms with Gasteiger partial charge in [0, 0.05) is 43.0 Å². The number of nitrogens with one attached hydrogen (secondary N) is 1. The first-order valence-electron chi connectivity index (χ1n) is 7.87. The summed E-state index contributed by atoms with van der Waals surface area (Å²) in [7, 11) is 0. The number of nitrogens with zero attached hydrogens (tertiary/aromatic N) is 2. The minimum absolute atomic E-state index is 0.241. The van der Waals surface area contributed by atoms with E-state index < -0.39 is 0 Å². The van der Waals surface area contributed by atoms with Crippen molar-refractivity contribution in [3.8, 4) is 0 Å². The van der Waals surface area contributed by atoms with Gasteiger partial charge in [-0.3, -0.25) is 9.78 Å². The molecule has 1 aliphatic heterocycles. The first kappa shape index (κ1) is 16.0. The number of hydrogen-bond acceptors (Lipinski definition) is 3. The Labute approximate surface area is 127 Å². The number of carbonyl (C=O) groups excluding carboxylic acids is 1. The number of carbonyl (C=O) groups is 1. The van der Waals surface area contributed by atoms with E-state index in [1.165, 1.54) is 11.1 Å². The van der Waals surface area contributed by atoms with Crippen LogP contribution < -0.4 is 5.32 Å². The van der Waals surface area contributed by atoms with Crippen LogP contribution in [0.15, 0.2) is 6.07 Å². The van der Waals surface area contributed by atoms with Crippen LogP contribution in [0.2, 0.25) is 0 Å². The summed E-state index contributed by atoms with van der Waals surface area (Å²) in [6, 6.07) is 2.66. The SMILES string of the molecule is Cc1cc(C)c(C(C)NC(C)CN2CCCC2=O)c(C)n1. The Morgan fingerprint density at radius 2 is 2.05 bits per heavy atom. The zero-order valence-corrected chi connectivity index (χ0v) is 13.9. The summed E-state index contributed by atoms with van der Waals surface area (Å²) >= 11 is 0. The van der Waals surface area contributed by atoms with Crippen LogP contribution in [0.4, 0.5) is 0 Å². The number of likely N-dealkylation sites (tertiary alicyclic amines) is 1. The molecule has 2 unspecified atom stereocenters. The van der Waals surface area contributed by atoms with Crippen molar-refractivity contribution in [1.82, 2.24) is 15.2 Å². The molecule has 0 bridgehead atoms. The highest BCUT2D eigenvalue weighted by molar-refractivity contribution is 5.78. The summed E-state index contributed by atoms with van der Waals surface area (Å²) in [4.78, 5) is 18.2. The summed E-state index contributed by atoms with van der Waals surface area (Å²) < 4.78 is 0. The minimum Gasteiger partial charge on any atom is -0.341 e. The predicted molar refractivity (Wildman–Crippen MR) is 85.3 cm³/mol. The highest BCUT2D eigenvalue weighted by atomic mass is 16.2. The van der Waals surface area contributed by atoms with Crippen LogP contribution in [0, 0.1) is 20.8 Å². The topological polar surface area (TPSA) is 45.2 Å². The fourth-order valence-corrected chi connectivity index (χ4v) is 3.48. The van der Waals surface area contributed by atoms with Gasteiger partial charge in [0.15, 0.2) is 0 Å². The Kier molecular flexibility index (Phi) is 4.99. The molecular weight excluding hydrogens is 262 g/mol. The lowest BCUT2D eigenvalue weighted by atomic mass is 10.00. The molecule has 2 heterocycles. The third kappa shape index (κ3) is 3.82. The summed E-state index contributed by atoms with van der Waals surface area (Å²) in [5.41, 5.74) is 4.72. The number of rotatable bonds is 5. The zero-order chi connectivity index (χ0) is 15.6. The van der Waals surface area contributed by atoms with Crippen LogP contribution in [0.25, 0.3) is 0 Å². The molecule has 1 aliphatic rings. The van der Waals surface area contributed by atoms with Crippen LogP contribution in [0.3, 0.4) is 0 Å². The maximum Gasteiger partial charge on any atom is 0.222 e. The Bertz CT molecular complexity index is 504. The van der Waals surface area contributed by atoms with Crippen molar-refractivity contribution >= 4 is 5.91 Å². The maximum atomic E-state index is 11.7. The normalized spacial score (nSPS) is 18.1. The van der Waals surface area contributed by atoms with Gasteiger partial charge in [0.2, 0.25) is 5.91 Å². The predicted octanol–water partition coefficient (Wildman–Crippen LogP) is 2.67. The van der Waals surface area contributed by atoms with Crippen molar-refractivity contribution in [2.45, 2.75) is 59.5 Å². The molecule has 1 aromatic rings. The van der Waals surface area contributed by atoms with E-state index in [-0.39, 0.29) is 12.1 Å². The second kappa shape index (κ2) is 6.56.